The fraction of sp³-hybridized carbons (Fsp3) is 0.286. The number of anilines is 1. The summed E-state index contributed by atoms with van der Waals surface area (Å²) in [5, 5.41) is 6.57. The molecule has 1 aromatic carbocycles. The predicted molar refractivity (Wildman–Crippen MR) is 117 cm³/mol. The van der Waals surface area contributed by atoms with Gasteiger partial charge in [-0.05, 0) is 48.9 Å². The summed E-state index contributed by atoms with van der Waals surface area (Å²) >= 11 is 1.51. The van der Waals surface area contributed by atoms with Crippen LogP contribution >= 0.6 is 11.3 Å². The van der Waals surface area contributed by atoms with E-state index in [1.165, 1.54) is 11.3 Å². The van der Waals surface area contributed by atoms with Gasteiger partial charge in [0, 0.05) is 24.5 Å². The minimum atomic E-state index is -0.163. The Morgan fingerprint density at radius 1 is 1.24 bits per heavy atom. The van der Waals surface area contributed by atoms with E-state index in [0.717, 1.165) is 64.8 Å². The number of nitrogens with zero attached hydrogens (tertiary/aromatic N) is 2. The second kappa shape index (κ2) is 7.04. The summed E-state index contributed by atoms with van der Waals surface area (Å²) in [6, 6.07) is 8.23. The molecule has 0 unspecified atom stereocenters. The maximum atomic E-state index is 13.0. The van der Waals surface area contributed by atoms with Crippen LogP contribution in [0, 0.1) is 6.92 Å². The molecule has 5 rings (SSSR count). The number of thiophene rings is 1. The van der Waals surface area contributed by atoms with Crippen LogP contribution in [-0.2, 0) is 4.79 Å². The van der Waals surface area contributed by atoms with Gasteiger partial charge in [0.2, 0.25) is 6.41 Å². The molecule has 3 aromatic heterocycles. The van der Waals surface area contributed by atoms with E-state index in [1.54, 1.807) is 4.90 Å². The van der Waals surface area contributed by atoms with Crippen LogP contribution in [0.15, 0.2) is 34.4 Å². The van der Waals surface area contributed by atoms with E-state index in [1.807, 2.05) is 36.6 Å². The molecule has 7 nitrogen and oxygen atoms in total. The summed E-state index contributed by atoms with van der Waals surface area (Å²) < 4.78 is 0. The first-order chi connectivity index (χ1) is 14.1. The van der Waals surface area contributed by atoms with Gasteiger partial charge in [0.15, 0.2) is 0 Å². The molecule has 1 aliphatic heterocycles. The molecule has 0 radical (unpaired) electrons. The lowest BCUT2D eigenvalue weighted by atomic mass is 10.0. The molecular weight excluding hydrogens is 386 g/mol. The Kier molecular flexibility index (Phi) is 4.35. The monoisotopic (exact) mass is 407 g/mol. The first-order valence-corrected chi connectivity index (χ1v) is 10.6. The maximum Gasteiger partial charge on any atom is 0.262 e. The molecule has 148 valence electrons. The SMILES string of the molecule is Cc1ccc2nc(-c3c(NC4CCN(C=O)CC4)c4ccsc4[nH]c3=O)[nH]c2c1. The summed E-state index contributed by atoms with van der Waals surface area (Å²) in [7, 11) is 0. The Morgan fingerprint density at radius 2 is 2.07 bits per heavy atom. The van der Waals surface area contributed by atoms with Crippen LogP contribution < -0.4 is 10.9 Å². The number of benzene rings is 1. The average molecular weight is 407 g/mol. The standard InChI is InChI=1S/C21H21N5O2S/c1-12-2-3-15-16(10-12)24-19(23-15)17-18(14-6-9-29-21(14)25-20(17)28)22-13-4-7-26(11-27)8-5-13/h2-3,6,9-11,13H,4-5,7-8H2,1H3,(H,23,24)(H2,22,25,28). The number of amides is 1. The number of carbonyl (C=O) groups excluding carboxylic acids is 1. The fourth-order valence-corrected chi connectivity index (χ4v) is 4.78. The number of H-pyrrole nitrogens is 2. The van der Waals surface area contributed by atoms with Gasteiger partial charge in [-0.3, -0.25) is 9.59 Å². The molecule has 0 aliphatic carbocycles. The molecule has 1 amide bonds. The number of hydrogen-bond donors (Lipinski definition) is 3. The average Bonchev–Trinajstić information content (AvgIpc) is 3.34. The fourth-order valence-electron chi connectivity index (χ4n) is 3.99. The molecule has 0 saturated carbocycles. The molecular formula is C21H21N5O2S. The molecule has 0 spiro atoms. The van der Waals surface area contributed by atoms with Crippen molar-refractivity contribution in [1.29, 1.82) is 0 Å². The predicted octanol–water partition coefficient (Wildman–Crippen LogP) is 3.47. The normalized spacial score (nSPS) is 15.3. The van der Waals surface area contributed by atoms with Crippen molar-refractivity contribution in [1.82, 2.24) is 19.9 Å². The first kappa shape index (κ1) is 17.9. The number of piperidine rings is 1. The molecule has 3 N–H and O–H groups in total. The van der Waals surface area contributed by atoms with Crippen molar-refractivity contribution in [3.8, 4) is 11.4 Å². The molecule has 29 heavy (non-hydrogen) atoms. The Bertz CT molecular complexity index is 1260. The summed E-state index contributed by atoms with van der Waals surface area (Å²) in [5.74, 6) is 0.563. The zero-order valence-electron chi connectivity index (χ0n) is 16.0. The quantitative estimate of drug-likeness (QED) is 0.452. The van der Waals surface area contributed by atoms with E-state index >= 15 is 0 Å². The number of aromatic nitrogens is 3. The molecule has 4 heterocycles. The highest BCUT2D eigenvalue weighted by Crippen LogP contribution is 2.34. The molecule has 1 fully saturated rings. The van der Waals surface area contributed by atoms with E-state index in [2.05, 4.69) is 20.3 Å². The highest BCUT2D eigenvalue weighted by molar-refractivity contribution is 7.16. The molecule has 4 aromatic rings. The van der Waals surface area contributed by atoms with Crippen LogP contribution in [-0.4, -0.2) is 45.4 Å². The number of likely N-dealkylation sites (tertiary alicyclic amines) is 1. The zero-order chi connectivity index (χ0) is 20.0. The van der Waals surface area contributed by atoms with Crippen LogP contribution in [0.4, 0.5) is 5.69 Å². The van der Waals surface area contributed by atoms with E-state index in [-0.39, 0.29) is 11.6 Å². The lowest BCUT2D eigenvalue weighted by Crippen LogP contribution is -2.38. The lowest BCUT2D eigenvalue weighted by Gasteiger charge is -2.30. The Morgan fingerprint density at radius 3 is 2.86 bits per heavy atom. The van der Waals surface area contributed by atoms with Crippen LogP contribution in [0.1, 0.15) is 18.4 Å². The van der Waals surface area contributed by atoms with Crippen molar-refractivity contribution in [3.63, 3.8) is 0 Å². The highest BCUT2D eigenvalue weighted by atomic mass is 32.1. The van der Waals surface area contributed by atoms with E-state index in [0.29, 0.717) is 11.4 Å². The van der Waals surface area contributed by atoms with Gasteiger partial charge < -0.3 is 20.2 Å². The van der Waals surface area contributed by atoms with Crippen LogP contribution in [0.2, 0.25) is 0 Å². The van der Waals surface area contributed by atoms with Crippen LogP contribution in [0.25, 0.3) is 32.6 Å². The minimum absolute atomic E-state index is 0.163. The Labute approximate surface area is 170 Å². The van der Waals surface area contributed by atoms with Gasteiger partial charge in [-0.1, -0.05) is 6.07 Å². The van der Waals surface area contributed by atoms with Gasteiger partial charge in [-0.25, -0.2) is 4.98 Å². The largest absolute Gasteiger partial charge is 0.381 e. The maximum absolute atomic E-state index is 13.0. The number of pyridine rings is 1. The van der Waals surface area contributed by atoms with Gasteiger partial charge in [0.05, 0.1) is 16.7 Å². The molecule has 8 heteroatoms. The molecule has 0 atom stereocenters. The number of nitrogens with one attached hydrogen (secondary N) is 3. The minimum Gasteiger partial charge on any atom is -0.381 e. The third-order valence-electron chi connectivity index (χ3n) is 5.54. The lowest BCUT2D eigenvalue weighted by molar-refractivity contribution is -0.118. The van der Waals surface area contributed by atoms with Gasteiger partial charge in [0.1, 0.15) is 16.2 Å². The van der Waals surface area contributed by atoms with Gasteiger partial charge in [-0.15, -0.1) is 11.3 Å². The molecule has 0 bridgehead atoms. The number of carbonyl (C=O) groups is 1. The number of hydrogen-bond acceptors (Lipinski definition) is 5. The van der Waals surface area contributed by atoms with E-state index < -0.39 is 0 Å². The number of fused-ring (bicyclic) bond motifs is 2. The smallest absolute Gasteiger partial charge is 0.262 e. The van der Waals surface area contributed by atoms with Crippen molar-refractivity contribution in [2.45, 2.75) is 25.8 Å². The van der Waals surface area contributed by atoms with Crippen molar-refractivity contribution in [2.24, 2.45) is 0 Å². The second-order valence-electron chi connectivity index (χ2n) is 7.53. The summed E-state index contributed by atoms with van der Waals surface area (Å²) in [5.41, 5.74) is 4.06. The van der Waals surface area contributed by atoms with E-state index in [9.17, 15) is 9.59 Å². The van der Waals surface area contributed by atoms with Crippen molar-refractivity contribution < 1.29 is 4.79 Å². The number of rotatable bonds is 4. The van der Waals surface area contributed by atoms with Gasteiger partial charge in [-0.2, -0.15) is 0 Å². The van der Waals surface area contributed by atoms with Crippen molar-refractivity contribution >= 4 is 44.7 Å². The van der Waals surface area contributed by atoms with Crippen LogP contribution in [0.3, 0.4) is 0 Å². The third kappa shape index (κ3) is 3.19. The third-order valence-corrected chi connectivity index (χ3v) is 6.37. The second-order valence-corrected chi connectivity index (χ2v) is 8.45. The molecule has 1 saturated heterocycles. The topological polar surface area (TPSA) is 93.9 Å². The first-order valence-electron chi connectivity index (χ1n) is 9.68. The molecule has 1 aliphatic rings. The zero-order valence-corrected chi connectivity index (χ0v) is 16.8. The Balaban J connectivity index is 1.62. The number of imidazole rings is 1. The van der Waals surface area contributed by atoms with Gasteiger partial charge in [0.25, 0.3) is 5.56 Å². The van der Waals surface area contributed by atoms with Crippen LogP contribution in [0.5, 0.6) is 0 Å². The van der Waals surface area contributed by atoms with Gasteiger partial charge >= 0.3 is 0 Å². The summed E-state index contributed by atoms with van der Waals surface area (Å²) in [6.07, 6.45) is 2.59. The van der Waals surface area contributed by atoms with E-state index in [4.69, 9.17) is 0 Å². The number of aryl methyl sites for hydroxylation is 1. The van der Waals surface area contributed by atoms with Crippen molar-refractivity contribution in [2.75, 3.05) is 18.4 Å². The Hall–Kier alpha value is -3.13. The summed E-state index contributed by atoms with van der Waals surface area (Å²) in [4.78, 5) is 37.7. The highest BCUT2D eigenvalue weighted by Gasteiger charge is 2.23. The van der Waals surface area contributed by atoms with Crippen molar-refractivity contribution in [3.05, 3.63) is 45.6 Å². The number of aromatic amines is 2. The summed E-state index contributed by atoms with van der Waals surface area (Å²) in [6.45, 7) is 3.47.